The van der Waals surface area contributed by atoms with E-state index in [2.05, 4.69) is 47.4 Å². The zero-order valence-corrected chi connectivity index (χ0v) is 13.4. The molecule has 2 aliphatic rings. The van der Waals surface area contributed by atoms with Crippen LogP contribution in [0.2, 0.25) is 0 Å². The van der Waals surface area contributed by atoms with Crippen LogP contribution in [-0.2, 0) is 11.2 Å². The summed E-state index contributed by atoms with van der Waals surface area (Å²) >= 11 is 0. The van der Waals surface area contributed by atoms with Gasteiger partial charge in [0.1, 0.15) is 0 Å². The van der Waals surface area contributed by atoms with Crippen LogP contribution in [0.15, 0.2) is 42.5 Å². The molecular weight excluding hydrogens is 286 g/mol. The predicted molar refractivity (Wildman–Crippen MR) is 91.5 cm³/mol. The van der Waals surface area contributed by atoms with E-state index < -0.39 is 11.4 Å². The standard InChI is InChI=1S/C20H23NO2/c22-19(23)20-10-3-6-18(20)13-21(14-20)11-9-15-7-8-16-4-1-2-5-17(16)12-15/h1-2,4-5,7-8,12,18H,3,6,9-11,13-14H2,(H,22,23)/t18-,20+/m0/s1. The van der Waals surface area contributed by atoms with Crippen molar-refractivity contribution in [1.82, 2.24) is 4.90 Å². The molecule has 1 saturated carbocycles. The Balaban J connectivity index is 1.44. The average molecular weight is 309 g/mol. The molecule has 3 heteroatoms. The molecule has 1 aliphatic carbocycles. The molecule has 0 radical (unpaired) electrons. The van der Waals surface area contributed by atoms with Crippen molar-refractivity contribution in [2.45, 2.75) is 25.7 Å². The molecule has 2 aromatic carbocycles. The second kappa shape index (κ2) is 5.64. The molecule has 1 heterocycles. The minimum atomic E-state index is -0.576. The zero-order valence-electron chi connectivity index (χ0n) is 13.4. The summed E-state index contributed by atoms with van der Waals surface area (Å²) in [5, 5.41) is 12.2. The van der Waals surface area contributed by atoms with Crippen LogP contribution in [0.5, 0.6) is 0 Å². The number of carbonyl (C=O) groups is 1. The van der Waals surface area contributed by atoms with Crippen LogP contribution >= 0.6 is 0 Å². The highest BCUT2D eigenvalue weighted by molar-refractivity contribution is 5.83. The van der Waals surface area contributed by atoms with Gasteiger partial charge >= 0.3 is 5.97 Å². The maximum absolute atomic E-state index is 11.7. The Hall–Kier alpha value is -1.87. The summed E-state index contributed by atoms with van der Waals surface area (Å²) in [7, 11) is 0. The predicted octanol–water partition coefficient (Wildman–Crippen LogP) is 3.57. The van der Waals surface area contributed by atoms with Gasteiger partial charge in [-0.05, 0) is 41.5 Å². The Bertz CT molecular complexity index is 741. The Kier molecular flexibility index (Phi) is 3.61. The van der Waals surface area contributed by atoms with Crippen LogP contribution < -0.4 is 0 Å². The number of likely N-dealkylation sites (tertiary alicyclic amines) is 1. The number of carboxylic acid groups (broad SMARTS) is 1. The minimum absolute atomic E-state index is 0.358. The number of benzene rings is 2. The SMILES string of the molecule is O=C(O)[C@@]12CCC[C@H]1CN(CCc1ccc3ccccc3c1)C2. The molecule has 2 fully saturated rings. The maximum atomic E-state index is 11.7. The lowest BCUT2D eigenvalue weighted by molar-refractivity contribution is -0.149. The number of aliphatic carboxylic acids is 1. The quantitative estimate of drug-likeness (QED) is 0.938. The summed E-state index contributed by atoms with van der Waals surface area (Å²) < 4.78 is 0. The number of carboxylic acids is 1. The third kappa shape index (κ3) is 2.53. The van der Waals surface area contributed by atoms with Crippen molar-refractivity contribution >= 4 is 16.7 Å². The molecule has 0 spiro atoms. The van der Waals surface area contributed by atoms with E-state index in [0.717, 1.165) is 45.3 Å². The van der Waals surface area contributed by atoms with Gasteiger partial charge in [-0.1, -0.05) is 48.9 Å². The van der Waals surface area contributed by atoms with E-state index in [-0.39, 0.29) is 0 Å². The molecule has 23 heavy (non-hydrogen) atoms. The van der Waals surface area contributed by atoms with Crippen LogP contribution in [0.1, 0.15) is 24.8 Å². The number of nitrogens with zero attached hydrogens (tertiary/aromatic N) is 1. The zero-order chi connectivity index (χ0) is 15.9. The van der Waals surface area contributed by atoms with Crippen LogP contribution in [0.25, 0.3) is 10.8 Å². The van der Waals surface area contributed by atoms with E-state index >= 15 is 0 Å². The van der Waals surface area contributed by atoms with Crippen molar-refractivity contribution in [3.63, 3.8) is 0 Å². The Labute approximate surface area is 136 Å². The summed E-state index contributed by atoms with van der Waals surface area (Å²) in [5.41, 5.74) is 0.883. The summed E-state index contributed by atoms with van der Waals surface area (Å²) in [5.74, 6) is -0.218. The maximum Gasteiger partial charge on any atom is 0.311 e. The van der Waals surface area contributed by atoms with Crippen LogP contribution in [0, 0.1) is 11.3 Å². The largest absolute Gasteiger partial charge is 0.481 e. The topological polar surface area (TPSA) is 40.5 Å². The van der Waals surface area contributed by atoms with Gasteiger partial charge in [0.2, 0.25) is 0 Å². The molecular formula is C20H23NO2. The highest BCUT2D eigenvalue weighted by Crippen LogP contribution is 2.48. The fourth-order valence-electron chi connectivity index (χ4n) is 4.59. The van der Waals surface area contributed by atoms with Gasteiger partial charge in [0.15, 0.2) is 0 Å². The molecule has 4 rings (SSSR count). The first-order valence-electron chi connectivity index (χ1n) is 8.61. The monoisotopic (exact) mass is 309 g/mol. The summed E-state index contributed by atoms with van der Waals surface area (Å²) in [6, 6.07) is 15.1. The van der Waals surface area contributed by atoms with Crippen LogP contribution in [-0.4, -0.2) is 35.6 Å². The number of hydrogen-bond acceptors (Lipinski definition) is 2. The van der Waals surface area contributed by atoms with Gasteiger partial charge in [-0.2, -0.15) is 0 Å². The summed E-state index contributed by atoms with van der Waals surface area (Å²) in [4.78, 5) is 14.1. The van der Waals surface area contributed by atoms with Gasteiger partial charge in [0.25, 0.3) is 0 Å². The van der Waals surface area contributed by atoms with Crippen molar-refractivity contribution in [2.75, 3.05) is 19.6 Å². The van der Waals surface area contributed by atoms with Crippen LogP contribution in [0.3, 0.4) is 0 Å². The van der Waals surface area contributed by atoms with E-state index in [1.165, 1.54) is 16.3 Å². The Morgan fingerprint density at radius 3 is 2.83 bits per heavy atom. The molecule has 1 N–H and O–H groups in total. The Morgan fingerprint density at radius 1 is 1.22 bits per heavy atom. The van der Waals surface area contributed by atoms with Crippen molar-refractivity contribution in [3.05, 3.63) is 48.0 Å². The molecule has 0 amide bonds. The highest BCUT2D eigenvalue weighted by Gasteiger charge is 2.54. The molecule has 1 aliphatic heterocycles. The smallest absolute Gasteiger partial charge is 0.311 e. The van der Waals surface area contributed by atoms with Gasteiger partial charge in [0.05, 0.1) is 5.41 Å². The second-order valence-corrected chi connectivity index (χ2v) is 7.22. The molecule has 2 atom stereocenters. The third-order valence-electron chi connectivity index (χ3n) is 5.90. The molecule has 0 unspecified atom stereocenters. The van der Waals surface area contributed by atoms with E-state index in [4.69, 9.17) is 0 Å². The molecule has 0 aromatic heterocycles. The second-order valence-electron chi connectivity index (χ2n) is 7.22. The van der Waals surface area contributed by atoms with Crippen molar-refractivity contribution < 1.29 is 9.90 Å². The van der Waals surface area contributed by atoms with E-state index in [9.17, 15) is 9.90 Å². The van der Waals surface area contributed by atoms with Gasteiger partial charge in [-0.25, -0.2) is 0 Å². The fourth-order valence-corrected chi connectivity index (χ4v) is 4.59. The minimum Gasteiger partial charge on any atom is -0.481 e. The fraction of sp³-hybridized carbons (Fsp3) is 0.450. The summed E-state index contributed by atoms with van der Waals surface area (Å²) in [6.45, 7) is 2.66. The average Bonchev–Trinajstić information content (AvgIpc) is 3.10. The van der Waals surface area contributed by atoms with Crippen LogP contribution in [0.4, 0.5) is 0 Å². The van der Waals surface area contributed by atoms with Crippen molar-refractivity contribution in [3.8, 4) is 0 Å². The first-order valence-corrected chi connectivity index (χ1v) is 8.61. The highest BCUT2D eigenvalue weighted by atomic mass is 16.4. The van der Waals surface area contributed by atoms with Crippen molar-refractivity contribution in [1.29, 1.82) is 0 Å². The van der Waals surface area contributed by atoms with Gasteiger partial charge in [0, 0.05) is 19.6 Å². The van der Waals surface area contributed by atoms with E-state index in [1.807, 2.05) is 0 Å². The van der Waals surface area contributed by atoms with E-state index in [0.29, 0.717) is 5.92 Å². The van der Waals surface area contributed by atoms with E-state index in [1.54, 1.807) is 0 Å². The summed E-state index contributed by atoms with van der Waals surface area (Å²) in [6.07, 6.45) is 4.01. The lowest BCUT2D eigenvalue weighted by Gasteiger charge is -2.23. The molecule has 3 nitrogen and oxygen atoms in total. The Morgan fingerprint density at radius 2 is 2.04 bits per heavy atom. The normalized spacial score (nSPS) is 27.4. The van der Waals surface area contributed by atoms with Gasteiger partial charge < -0.3 is 10.0 Å². The third-order valence-corrected chi connectivity index (χ3v) is 5.90. The van der Waals surface area contributed by atoms with Gasteiger partial charge in [-0.3, -0.25) is 4.79 Å². The molecule has 2 aromatic rings. The lowest BCUT2D eigenvalue weighted by atomic mass is 9.81. The first kappa shape index (κ1) is 14.7. The molecule has 1 saturated heterocycles. The first-order chi connectivity index (χ1) is 11.2. The lowest BCUT2D eigenvalue weighted by Crippen LogP contribution is -2.36. The molecule has 120 valence electrons. The number of rotatable bonds is 4. The number of fused-ring (bicyclic) bond motifs is 2. The number of hydrogen-bond donors (Lipinski definition) is 1. The van der Waals surface area contributed by atoms with Gasteiger partial charge in [-0.15, -0.1) is 0 Å². The van der Waals surface area contributed by atoms with Crippen molar-refractivity contribution in [2.24, 2.45) is 11.3 Å². The molecule has 0 bridgehead atoms.